The minimum absolute atomic E-state index is 0.0930. The van der Waals surface area contributed by atoms with Gasteiger partial charge in [0.05, 0.1) is 12.1 Å². The van der Waals surface area contributed by atoms with Crippen LogP contribution in [0.3, 0.4) is 0 Å². The number of rotatable bonds is 4. The van der Waals surface area contributed by atoms with Gasteiger partial charge in [-0.1, -0.05) is 27.2 Å². The Labute approximate surface area is 127 Å². The molecule has 1 aliphatic rings. The molecule has 3 unspecified atom stereocenters. The summed E-state index contributed by atoms with van der Waals surface area (Å²) in [4.78, 5) is 0. The lowest BCUT2D eigenvalue weighted by atomic mass is 9.65. The minimum atomic E-state index is -0.341. The summed E-state index contributed by atoms with van der Waals surface area (Å²) >= 11 is 0. The number of hydrogen-bond donors (Lipinski definition) is 2. The highest BCUT2D eigenvalue weighted by molar-refractivity contribution is 5.48. The fourth-order valence-corrected chi connectivity index (χ4v) is 4.05. The highest BCUT2D eigenvalue weighted by Gasteiger charge is 2.43. The van der Waals surface area contributed by atoms with Crippen molar-refractivity contribution in [1.29, 1.82) is 0 Å². The van der Waals surface area contributed by atoms with Gasteiger partial charge in [-0.2, -0.15) is 0 Å². The fourth-order valence-electron chi connectivity index (χ4n) is 4.05. The first kappa shape index (κ1) is 16.3. The van der Waals surface area contributed by atoms with Crippen molar-refractivity contribution in [3.05, 3.63) is 29.6 Å². The van der Waals surface area contributed by atoms with E-state index in [2.05, 4.69) is 26.1 Å². The average molecular weight is 293 g/mol. The smallest absolute Gasteiger partial charge is 0.125 e. The maximum absolute atomic E-state index is 13.6. The monoisotopic (exact) mass is 293 g/mol. The Morgan fingerprint density at radius 1 is 1.33 bits per heavy atom. The van der Waals surface area contributed by atoms with Crippen LogP contribution in [0.5, 0.6) is 0 Å². The molecule has 0 heterocycles. The molecule has 1 saturated carbocycles. The molecule has 0 bridgehead atoms. The molecule has 0 amide bonds. The van der Waals surface area contributed by atoms with Gasteiger partial charge in [-0.3, -0.25) is 0 Å². The van der Waals surface area contributed by atoms with Crippen molar-refractivity contribution in [3.8, 4) is 0 Å². The van der Waals surface area contributed by atoms with Crippen molar-refractivity contribution in [3.63, 3.8) is 0 Å². The van der Waals surface area contributed by atoms with Crippen molar-refractivity contribution in [2.75, 3.05) is 11.9 Å². The lowest BCUT2D eigenvalue weighted by molar-refractivity contribution is 0.0685. The molecule has 0 radical (unpaired) electrons. The Morgan fingerprint density at radius 2 is 2.05 bits per heavy atom. The number of aliphatic hydroxyl groups is 1. The van der Waals surface area contributed by atoms with Crippen molar-refractivity contribution in [2.45, 2.75) is 52.5 Å². The second-order valence-corrected chi connectivity index (χ2v) is 7.19. The van der Waals surface area contributed by atoms with E-state index in [1.54, 1.807) is 0 Å². The van der Waals surface area contributed by atoms with E-state index < -0.39 is 0 Å². The minimum Gasteiger partial charge on any atom is -0.394 e. The molecule has 0 aromatic heterocycles. The Hall–Kier alpha value is -1.09. The lowest BCUT2D eigenvalue weighted by Gasteiger charge is -2.48. The average Bonchev–Trinajstić information content (AvgIpc) is 2.36. The molecule has 2 rings (SSSR count). The summed E-state index contributed by atoms with van der Waals surface area (Å²) in [5, 5.41) is 13.6. The molecule has 1 aromatic carbocycles. The van der Waals surface area contributed by atoms with E-state index in [-0.39, 0.29) is 18.0 Å². The molecule has 0 saturated heterocycles. The summed E-state index contributed by atoms with van der Waals surface area (Å²) in [5.41, 5.74) is 1.34. The molecule has 1 fully saturated rings. The van der Waals surface area contributed by atoms with Gasteiger partial charge in [0.15, 0.2) is 0 Å². The van der Waals surface area contributed by atoms with Crippen LogP contribution in [-0.2, 0) is 0 Å². The van der Waals surface area contributed by atoms with E-state index in [1.165, 1.54) is 18.6 Å². The van der Waals surface area contributed by atoms with Gasteiger partial charge >= 0.3 is 0 Å². The molecule has 118 valence electrons. The topological polar surface area (TPSA) is 32.3 Å². The van der Waals surface area contributed by atoms with Crippen LogP contribution in [0.4, 0.5) is 10.1 Å². The molecule has 1 aromatic rings. The van der Waals surface area contributed by atoms with Crippen LogP contribution in [0.25, 0.3) is 0 Å². The van der Waals surface area contributed by atoms with Crippen LogP contribution in [0.1, 0.15) is 45.6 Å². The SMILES string of the molecule is Cc1cc(F)cc(NC2(CO)CC(C)CCC2C(C)C)c1. The van der Waals surface area contributed by atoms with Gasteiger partial charge in [-0.05, 0) is 61.3 Å². The van der Waals surface area contributed by atoms with Gasteiger partial charge in [0.25, 0.3) is 0 Å². The third-order valence-corrected chi connectivity index (χ3v) is 4.92. The third-order valence-electron chi connectivity index (χ3n) is 4.92. The van der Waals surface area contributed by atoms with E-state index in [0.29, 0.717) is 17.8 Å². The molecule has 3 heteroatoms. The Balaban J connectivity index is 2.33. The summed E-state index contributed by atoms with van der Waals surface area (Å²) in [5.74, 6) is 1.25. The van der Waals surface area contributed by atoms with Crippen molar-refractivity contribution in [2.24, 2.45) is 17.8 Å². The molecule has 2 N–H and O–H groups in total. The van der Waals surface area contributed by atoms with Crippen molar-refractivity contribution >= 4 is 5.69 Å². The summed E-state index contributed by atoms with van der Waals surface area (Å²) in [6, 6.07) is 5.01. The first-order valence-corrected chi connectivity index (χ1v) is 8.02. The zero-order valence-electron chi connectivity index (χ0n) is 13.6. The van der Waals surface area contributed by atoms with Crippen LogP contribution in [0.2, 0.25) is 0 Å². The number of aliphatic hydroxyl groups excluding tert-OH is 1. The standard InChI is InChI=1S/C18H28FNO/c1-12(2)17-6-5-13(3)10-18(17,11-21)20-16-8-14(4)7-15(19)9-16/h7-9,12-13,17,20-21H,5-6,10-11H2,1-4H3. The van der Waals surface area contributed by atoms with E-state index in [4.69, 9.17) is 0 Å². The van der Waals surface area contributed by atoms with Gasteiger partial charge in [0, 0.05) is 5.69 Å². The Kier molecular flexibility index (Phi) is 4.92. The van der Waals surface area contributed by atoms with E-state index >= 15 is 0 Å². The molecular weight excluding hydrogens is 265 g/mol. The number of hydrogen-bond acceptors (Lipinski definition) is 2. The largest absolute Gasteiger partial charge is 0.394 e. The van der Waals surface area contributed by atoms with E-state index in [1.807, 2.05) is 13.0 Å². The number of nitrogens with one attached hydrogen (secondary N) is 1. The Bertz CT molecular complexity index is 468. The van der Waals surface area contributed by atoms with Gasteiger partial charge < -0.3 is 10.4 Å². The summed E-state index contributed by atoms with van der Waals surface area (Å²) in [7, 11) is 0. The van der Waals surface area contributed by atoms with Crippen LogP contribution in [0.15, 0.2) is 18.2 Å². The maximum atomic E-state index is 13.6. The summed E-state index contributed by atoms with van der Waals surface area (Å²) < 4.78 is 13.6. The first-order chi connectivity index (χ1) is 9.86. The van der Waals surface area contributed by atoms with Crippen LogP contribution in [0, 0.1) is 30.5 Å². The molecule has 0 aliphatic heterocycles. The molecule has 0 spiro atoms. The van der Waals surface area contributed by atoms with Crippen LogP contribution < -0.4 is 5.32 Å². The van der Waals surface area contributed by atoms with Crippen molar-refractivity contribution < 1.29 is 9.50 Å². The number of anilines is 1. The van der Waals surface area contributed by atoms with E-state index in [9.17, 15) is 9.50 Å². The number of aryl methyl sites for hydroxylation is 1. The quantitative estimate of drug-likeness (QED) is 0.864. The van der Waals surface area contributed by atoms with Crippen LogP contribution >= 0.6 is 0 Å². The molecular formula is C18H28FNO. The first-order valence-electron chi connectivity index (χ1n) is 8.02. The number of benzene rings is 1. The highest BCUT2D eigenvalue weighted by Crippen LogP contribution is 2.43. The fraction of sp³-hybridized carbons (Fsp3) is 0.667. The number of halogens is 1. The zero-order valence-corrected chi connectivity index (χ0v) is 13.6. The lowest BCUT2D eigenvalue weighted by Crippen LogP contribution is -2.54. The predicted molar refractivity (Wildman–Crippen MR) is 85.9 cm³/mol. The summed E-state index contributed by atoms with van der Waals surface area (Å²) in [6.07, 6.45) is 3.25. The molecule has 1 aliphatic carbocycles. The molecule has 2 nitrogen and oxygen atoms in total. The van der Waals surface area contributed by atoms with Crippen LogP contribution in [-0.4, -0.2) is 17.3 Å². The second-order valence-electron chi connectivity index (χ2n) is 7.19. The normalized spacial score (nSPS) is 29.7. The van der Waals surface area contributed by atoms with Gasteiger partial charge in [-0.25, -0.2) is 4.39 Å². The van der Waals surface area contributed by atoms with Gasteiger partial charge in [-0.15, -0.1) is 0 Å². The molecule has 21 heavy (non-hydrogen) atoms. The highest BCUT2D eigenvalue weighted by atomic mass is 19.1. The summed E-state index contributed by atoms with van der Waals surface area (Å²) in [6.45, 7) is 8.64. The third kappa shape index (κ3) is 3.57. The maximum Gasteiger partial charge on any atom is 0.125 e. The Morgan fingerprint density at radius 3 is 2.62 bits per heavy atom. The van der Waals surface area contributed by atoms with E-state index in [0.717, 1.165) is 24.1 Å². The molecule has 3 atom stereocenters. The van der Waals surface area contributed by atoms with Gasteiger partial charge in [0.1, 0.15) is 5.82 Å². The van der Waals surface area contributed by atoms with Crippen molar-refractivity contribution in [1.82, 2.24) is 0 Å². The second kappa shape index (κ2) is 6.35. The zero-order chi connectivity index (χ0) is 15.6. The predicted octanol–water partition coefficient (Wildman–Crippen LogP) is 4.37. The van der Waals surface area contributed by atoms with Gasteiger partial charge in [0.2, 0.25) is 0 Å².